The molecule has 1 unspecified atom stereocenters. The average Bonchev–Trinajstić information content (AvgIpc) is 2.78. The number of pyridine rings is 1. The van der Waals surface area contributed by atoms with Gasteiger partial charge in [-0.05, 0) is 67.6 Å². The molecule has 3 heterocycles. The summed E-state index contributed by atoms with van der Waals surface area (Å²) in [5.41, 5.74) is 2.09. The number of nitrogens with one attached hydrogen (secondary N) is 1. The molecule has 7 nitrogen and oxygen atoms in total. The van der Waals surface area contributed by atoms with Crippen molar-refractivity contribution < 1.29 is 23.1 Å². The number of hydrogen-bond acceptors (Lipinski definition) is 6. The number of rotatable bonds is 6. The number of carbonyl (C=O) groups is 1. The van der Waals surface area contributed by atoms with Crippen LogP contribution in [0.2, 0.25) is 0 Å². The number of aryl methyl sites for hydroxylation is 1. The van der Waals surface area contributed by atoms with Crippen molar-refractivity contribution >= 4 is 23.4 Å². The van der Waals surface area contributed by atoms with Crippen LogP contribution in [0, 0.1) is 6.92 Å². The zero-order valence-corrected chi connectivity index (χ0v) is 18.5. The van der Waals surface area contributed by atoms with Gasteiger partial charge in [-0.25, -0.2) is 15.0 Å². The van der Waals surface area contributed by atoms with Gasteiger partial charge in [0.25, 0.3) is 0 Å². The molecule has 0 spiro atoms. The molecule has 0 amide bonds. The minimum absolute atomic E-state index is 0.0770. The summed E-state index contributed by atoms with van der Waals surface area (Å²) in [7, 11) is 0. The van der Waals surface area contributed by atoms with Gasteiger partial charge < -0.3 is 15.3 Å². The van der Waals surface area contributed by atoms with E-state index in [0.717, 1.165) is 60.6 Å². The zero-order chi connectivity index (χ0) is 24.3. The number of carboxylic acid groups (broad SMARTS) is 1. The van der Waals surface area contributed by atoms with E-state index >= 15 is 0 Å². The first-order valence-corrected chi connectivity index (χ1v) is 10.9. The van der Waals surface area contributed by atoms with E-state index in [9.17, 15) is 23.1 Å². The first kappa shape index (κ1) is 23.5. The van der Waals surface area contributed by atoms with Gasteiger partial charge in [0, 0.05) is 36.2 Å². The predicted octanol–water partition coefficient (Wildman–Crippen LogP) is 5.44. The zero-order valence-electron chi connectivity index (χ0n) is 18.5. The number of carboxylic acids is 1. The van der Waals surface area contributed by atoms with E-state index < -0.39 is 17.8 Å². The lowest BCUT2D eigenvalue weighted by atomic mass is 9.99. The van der Waals surface area contributed by atoms with Gasteiger partial charge >= 0.3 is 12.1 Å². The monoisotopic (exact) mass is 471 g/mol. The summed E-state index contributed by atoms with van der Waals surface area (Å²) in [6, 6.07) is 10.1. The molecule has 1 aromatic carbocycles. The highest BCUT2D eigenvalue weighted by Gasteiger charge is 2.32. The number of alkyl halides is 3. The van der Waals surface area contributed by atoms with Crippen LogP contribution in [0.4, 0.5) is 30.6 Å². The summed E-state index contributed by atoms with van der Waals surface area (Å²) in [5.74, 6) is -0.231. The van der Waals surface area contributed by atoms with Crippen LogP contribution in [0.15, 0.2) is 48.8 Å². The summed E-state index contributed by atoms with van der Waals surface area (Å²) in [5, 5.41) is 12.1. The number of piperidine rings is 1. The standard InChI is InChI=1S/C24H24F3N5O2/c1-15-10-17(12-18(11-15)30-23-28-8-7-20(31-23)24(25,26)27)16-5-6-21(29-14-16)32-9-3-2-4-19(32)13-22(33)34/h5-8,10-12,14,19H,2-4,9,13H2,1H3,(H,33,34)(H,28,30,31). The van der Waals surface area contributed by atoms with Crippen LogP contribution in [-0.4, -0.2) is 38.6 Å². The molecule has 2 aromatic heterocycles. The summed E-state index contributed by atoms with van der Waals surface area (Å²) in [6.45, 7) is 2.65. The van der Waals surface area contributed by atoms with Crippen molar-refractivity contribution in [2.24, 2.45) is 0 Å². The Morgan fingerprint density at radius 3 is 2.68 bits per heavy atom. The molecule has 1 atom stereocenters. The number of benzene rings is 1. The molecule has 178 valence electrons. The van der Waals surface area contributed by atoms with Crippen molar-refractivity contribution in [1.82, 2.24) is 15.0 Å². The molecule has 0 bridgehead atoms. The Kier molecular flexibility index (Phi) is 6.67. The van der Waals surface area contributed by atoms with E-state index in [1.807, 2.05) is 25.1 Å². The molecule has 1 fully saturated rings. The number of hydrogen-bond donors (Lipinski definition) is 2. The Morgan fingerprint density at radius 1 is 1.15 bits per heavy atom. The van der Waals surface area contributed by atoms with Crippen molar-refractivity contribution in [2.45, 2.75) is 44.8 Å². The molecule has 10 heteroatoms. The maximum Gasteiger partial charge on any atom is 0.433 e. The number of aromatic nitrogens is 3. The van der Waals surface area contributed by atoms with Gasteiger partial charge in [0.2, 0.25) is 5.95 Å². The average molecular weight is 471 g/mol. The van der Waals surface area contributed by atoms with Crippen molar-refractivity contribution in [2.75, 3.05) is 16.8 Å². The third-order valence-electron chi connectivity index (χ3n) is 5.69. The summed E-state index contributed by atoms with van der Waals surface area (Å²) in [4.78, 5) is 25.3. The minimum Gasteiger partial charge on any atom is -0.481 e. The maximum atomic E-state index is 13.0. The second kappa shape index (κ2) is 9.66. The summed E-state index contributed by atoms with van der Waals surface area (Å²) >= 11 is 0. The molecule has 0 saturated carbocycles. The van der Waals surface area contributed by atoms with Crippen molar-refractivity contribution in [3.63, 3.8) is 0 Å². The third-order valence-corrected chi connectivity index (χ3v) is 5.69. The Bertz CT molecular complexity index is 1170. The Balaban J connectivity index is 1.55. The molecule has 34 heavy (non-hydrogen) atoms. The van der Waals surface area contributed by atoms with E-state index in [2.05, 4.69) is 25.2 Å². The third kappa shape index (κ3) is 5.62. The number of anilines is 3. The van der Waals surface area contributed by atoms with Gasteiger partial charge in [0.05, 0.1) is 6.42 Å². The van der Waals surface area contributed by atoms with Crippen LogP contribution < -0.4 is 10.2 Å². The van der Waals surface area contributed by atoms with Crippen LogP contribution in [0.3, 0.4) is 0 Å². The molecule has 1 saturated heterocycles. The highest BCUT2D eigenvalue weighted by Crippen LogP contribution is 2.31. The van der Waals surface area contributed by atoms with Gasteiger partial charge in [-0.3, -0.25) is 4.79 Å². The fraction of sp³-hybridized carbons (Fsp3) is 0.333. The van der Waals surface area contributed by atoms with Crippen LogP contribution in [-0.2, 0) is 11.0 Å². The largest absolute Gasteiger partial charge is 0.481 e. The van der Waals surface area contributed by atoms with E-state index in [1.54, 1.807) is 18.3 Å². The van der Waals surface area contributed by atoms with E-state index in [4.69, 9.17) is 0 Å². The molecule has 0 radical (unpaired) electrons. The van der Waals surface area contributed by atoms with E-state index in [1.165, 1.54) is 0 Å². The molecule has 0 aliphatic carbocycles. The normalized spacial score (nSPS) is 16.4. The van der Waals surface area contributed by atoms with Crippen LogP contribution in [0.1, 0.15) is 36.9 Å². The van der Waals surface area contributed by atoms with Crippen molar-refractivity contribution in [1.29, 1.82) is 0 Å². The van der Waals surface area contributed by atoms with Crippen molar-refractivity contribution in [3.8, 4) is 11.1 Å². The highest BCUT2D eigenvalue weighted by molar-refractivity contribution is 5.71. The van der Waals surface area contributed by atoms with Crippen molar-refractivity contribution in [3.05, 3.63) is 60.0 Å². The lowest BCUT2D eigenvalue weighted by Gasteiger charge is -2.36. The van der Waals surface area contributed by atoms with Gasteiger partial charge in [0.1, 0.15) is 11.5 Å². The topological polar surface area (TPSA) is 91.2 Å². The molecular weight excluding hydrogens is 447 g/mol. The molecule has 3 aromatic rings. The Hall–Kier alpha value is -3.69. The van der Waals surface area contributed by atoms with Crippen LogP contribution >= 0.6 is 0 Å². The number of aliphatic carboxylic acids is 1. The van der Waals surface area contributed by atoms with Crippen LogP contribution in [0.25, 0.3) is 11.1 Å². The first-order chi connectivity index (χ1) is 16.2. The molecule has 1 aliphatic rings. The summed E-state index contributed by atoms with van der Waals surface area (Å²) < 4.78 is 38.9. The lowest BCUT2D eigenvalue weighted by molar-refractivity contribution is -0.141. The van der Waals surface area contributed by atoms with Crippen LogP contribution in [0.5, 0.6) is 0 Å². The van der Waals surface area contributed by atoms with Gasteiger partial charge in [-0.2, -0.15) is 13.2 Å². The number of halogens is 3. The van der Waals surface area contributed by atoms with Gasteiger partial charge in [0.15, 0.2) is 0 Å². The van der Waals surface area contributed by atoms with Gasteiger partial charge in [-0.15, -0.1) is 0 Å². The molecular formula is C24H24F3N5O2. The second-order valence-electron chi connectivity index (χ2n) is 8.32. The smallest absolute Gasteiger partial charge is 0.433 e. The predicted molar refractivity (Wildman–Crippen MR) is 122 cm³/mol. The highest BCUT2D eigenvalue weighted by atomic mass is 19.4. The lowest BCUT2D eigenvalue weighted by Crippen LogP contribution is -2.41. The minimum atomic E-state index is -4.55. The molecule has 4 rings (SSSR count). The fourth-order valence-corrected chi connectivity index (χ4v) is 4.17. The summed E-state index contributed by atoms with van der Waals surface area (Å²) in [6.07, 6.45) is 1.12. The Labute approximate surface area is 194 Å². The fourth-order valence-electron chi connectivity index (χ4n) is 4.17. The van der Waals surface area contributed by atoms with E-state index in [0.29, 0.717) is 5.69 Å². The SMILES string of the molecule is Cc1cc(Nc2nccc(C(F)(F)F)n2)cc(-c2ccc(N3CCCCC3CC(=O)O)nc2)c1. The molecule has 2 N–H and O–H groups in total. The number of nitrogens with zero attached hydrogens (tertiary/aromatic N) is 4. The quantitative estimate of drug-likeness (QED) is 0.494. The van der Waals surface area contributed by atoms with Gasteiger partial charge in [-0.1, -0.05) is 6.07 Å². The van der Waals surface area contributed by atoms with E-state index in [-0.39, 0.29) is 18.4 Å². The maximum absolute atomic E-state index is 13.0. The molecule has 1 aliphatic heterocycles. The second-order valence-corrected chi connectivity index (χ2v) is 8.32. The first-order valence-electron chi connectivity index (χ1n) is 10.9. The Morgan fingerprint density at radius 2 is 1.97 bits per heavy atom.